The van der Waals surface area contributed by atoms with Crippen molar-refractivity contribution in [2.24, 2.45) is 0 Å². The van der Waals surface area contributed by atoms with E-state index in [1.807, 2.05) is 13.8 Å². The number of fused-ring (bicyclic) bond motifs is 1. The zero-order valence-electron chi connectivity index (χ0n) is 8.02. The van der Waals surface area contributed by atoms with E-state index in [1.54, 1.807) is 0 Å². The number of aromatic nitrogens is 1. The van der Waals surface area contributed by atoms with Crippen molar-refractivity contribution in [2.45, 2.75) is 33.1 Å². The highest BCUT2D eigenvalue weighted by Crippen LogP contribution is 2.28. The monoisotopic (exact) mass is 172 g/mol. The van der Waals surface area contributed by atoms with Gasteiger partial charge in [-0.3, -0.25) is 4.98 Å². The molecule has 0 aromatic carbocycles. The molecule has 1 aromatic heterocycles. The summed E-state index contributed by atoms with van der Waals surface area (Å²) in [6, 6.07) is 2.26. The Balaban J connectivity index is 2.74. The summed E-state index contributed by atoms with van der Waals surface area (Å²) in [5, 5.41) is 8.98. The van der Waals surface area contributed by atoms with Gasteiger partial charge in [0.15, 0.2) is 0 Å². The van der Waals surface area contributed by atoms with Crippen LogP contribution in [-0.2, 0) is 12.8 Å². The van der Waals surface area contributed by atoms with Crippen LogP contribution in [0.15, 0.2) is 0 Å². The maximum Gasteiger partial charge on any atom is 0.101 e. The summed E-state index contributed by atoms with van der Waals surface area (Å²) in [6.45, 7) is 3.96. The SMILES string of the molecule is Cc1nc(C)c2c(c1C#N)CCC2. The third-order valence-electron chi connectivity index (χ3n) is 2.77. The minimum Gasteiger partial charge on any atom is -0.257 e. The van der Waals surface area contributed by atoms with E-state index in [4.69, 9.17) is 5.26 Å². The summed E-state index contributed by atoms with van der Waals surface area (Å²) < 4.78 is 0. The van der Waals surface area contributed by atoms with Crippen LogP contribution in [0.3, 0.4) is 0 Å². The summed E-state index contributed by atoms with van der Waals surface area (Å²) >= 11 is 0. The van der Waals surface area contributed by atoms with E-state index in [2.05, 4.69) is 11.1 Å². The second-order valence-electron chi connectivity index (χ2n) is 3.58. The molecule has 0 spiro atoms. The lowest BCUT2D eigenvalue weighted by atomic mass is 10.0. The van der Waals surface area contributed by atoms with Crippen molar-refractivity contribution in [1.29, 1.82) is 5.26 Å². The van der Waals surface area contributed by atoms with Gasteiger partial charge >= 0.3 is 0 Å². The van der Waals surface area contributed by atoms with Crippen LogP contribution in [0.25, 0.3) is 0 Å². The Bertz CT molecular complexity index is 400. The molecule has 0 unspecified atom stereocenters. The fourth-order valence-corrected chi connectivity index (χ4v) is 2.16. The van der Waals surface area contributed by atoms with Crippen molar-refractivity contribution in [3.05, 3.63) is 28.1 Å². The second-order valence-corrected chi connectivity index (χ2v) is 3.58. The fourth-order valence-electron chi connectivity index (χ4n) is 2.16. The first-order chi connectivity index (χ1) is 6.24. The van der Waals surface area contributed by atoms with Crippen molar-refractivity contribution in [3.63, 3.8) is 0 Å². The predicted molar refractivity (Wildman–Crippen MR) is 50.5 cm³/mol. The molecule has 0 atom stereocenters. The summed E-state index contributed by atoms with van der Waals surface area (Å²) in [6.07, 6.45) is 3.33. The molecule has 0 bridgehead atoms. The molecule has 1 aliphatic rings. The second kappa shape index (κ2) is 2.85. The molecule has 2 heteroatoms. The Morgan fingerprint density at radius 3 is 2.54 bits per heavy atom. The van der Waals surface area contributed by atoms with Gasteiger partial charge in [-0.15, -0.1) is 0 Å². The van der Waals surface area contributed by atoms with Crippen molar-refractivity contribution in [2.75, 3.05) is 0 Å². The third-order valence-corrected chi connectivity index (χ3v) is 2.77. The van der Waals surface area contributed by atoms with E-state index in [0.717, 1.165) is 29.8 Å². The largest absolute Gasteiger partial charge is 0.257 e. The quantitative estimate of drug-likeness (QED) is 0.600. The molecule has 1 aromatic rings. The summed E-state index contributed by atoms with van der Waals surface area (Å²) in [5.74, 6) is 0. The van der Waals surface area contributed by atoms with Gasteiger partial charge in [-0.1, -0.05) is 0 Å². The van der Waals surface area contributed by atoms with Gasteiger partial charge in [0.1, 0.15) is 6.07 Å². The third kappa shape index (κ3) is 1.12. The van der Waals surface area contributed by atoms with Crippen molar-refractivity contribution < 1.29 is 0 Å². The first kappa shape index (κ1) is 8.25. The van der Waals surface area contributed by atoms with E-state index in [-0.39, 0.29) is 0 Å². The Morgan fingerprint density at radius 2 is 1.85 bits per heavy atom. The summed E-state index contributed by atoms with van der Waals surface area (Å²) in [7, 11) is 0. The van der Waals surface area contributed by atoms with Crippen molar-refractivity contribution in [1.82, 2.24) is 4.98 Å². The highest BCUT2D eigenvalue weighted by molar-refractivity contribution is 5.49. The summed E-state index contributed by atoms with van der Waals surface area (Å²) in [5.41, 5.74) is 5.40. The van der Waals surface area contributed by atoms with E-state index in [9.17, 15) is 0 Å². The smallest absolute Gasteiger partial charge is 0.101 e. The average molecular weight is 172 g/mol. The van der Waals surface area contributed by atoms with Gasteiger partial charge in [-0.2, -0.15) is 5.26 Å². The highest BCUT2D eigenvalue weighted by Gasteiger charge is 2.19. The van der Waals surface area contributed by atoms with Crippen LogP contribution < -0.4 is 0 Å². The lowest BCUT2D eigenvalue weighted by molar-refractivity contribution is 0.906. The number of hydrogen-bond donors (Lipinski definition) is 0. The van der Waals surface area contributed by atoms with Gasteiger partial charge < -0.3 is 0 Å². The first-order valence-electron chi connectivity index (χ1n) is 4.63. The average Bonchev–Trinajstić information content (AvgIpc) is 2.53. The lowest BCUT2D eigenvalue weighted by Gasteiger charge is -2.07. The summed E-state index contributed by atoms with van der Waals surface area (Å²) in [4.78, 5) is 4.39. The minimum atomic E-state index is 0.818. The minimum absolute atomic E-state index is 0.818. The number of rotatable bonds is 0. The molecule has 0 saturated carbocycles. The van der Waals surface area contributed by atoms with Crippen molar-refractivity contribution in [3.8, 4) is 6.07 Å². The molecule has 2 rings (SSSR count). The molecule has 13 heavy (non-hydrogen) atoms. The Hall–Kier alpha value is -1.36. The number of nitriles is 1. The molecule has 1 heterocycles. The van der Waals surface area contributed by atoms with Crippen LogP contribution in [0, 0.1) is 25.2 Å². The molecule has 2 nitrogen and oxygen atoms in total. The number of pyridine rings is 1. The van der Waals surface area contributed by atoms with E-state index >= 15 is 0 Å². The van der Waals surface area contributed by atoms with Gasteiger partial charge in [0.25, 0.3) is 0 Å². The van der Waals surface area contributed by atoms with E-state index in [0.29, 0.717) is 0 Å². The van der Waals surface area contributed by atoms with Gasteiger partial charge in [-0.25, -0.2) is 0 Å². The topological polar surface area (TPSA) is 36.7 Å². The molecule has 0 radical (unpaired) electrons. The van der Waals surface area contributed by atoms with Crippen LogP contribution in [-0.4, -0.2) is 4.98 Å². The standard InChI is InChI=1S/C11H12N2/c1-7-9-4-3-5-10(9)11(6-12)8(2)13-7/h3-5H2,1-2H3. The Morgan fingerprint density at radius 1 is 1.15 bits per heavy atom. The zero-order chi connectivity index (χ0) is 9.42. The molecule has 0 fully saturated rings. The van der Waals surface area contributed by atoms with Gasteiger partial charge in [-0.05, 0) is 44.2 Å². The molecular weight excluding hydrogens is 160 g/mol. The normalized spacial score (nSPS) is 13.9. The Kier molecular flexibility index (Phi) is 1.81. The molecule has 0 saturated heterocycles. The number of hydrogen-bond acceptors (Lipinski definition) is 2. The number of aryl methyl sites for hydroxylation is 2. The fraction of sp³-hybridized carbons (Fsp3) is 0.455. The highest BCUT2D eigenvalue weighted by atomic mass is 14.7. The van der Waals surface area contributed by atoms with Gasteiger partial charge in [0.2, 0.25) is 0 Å². The van der Waals surface area contributed by atoms with Crippen LogP contribution in [0.4, 0.5) is 0 Å². The maximum atomic E-state index is 8.98. The molecule has 0 N–H and O–H groups in total. The Labute approximate surface area is 78.2 Å². The molecule has 66 valence electrons. The lowest BCUT2D eigenvalue weighted by Crippen LogP contribution is -2.00. The van der Waals surface area contributed by atoms with Crippen molar-refractivity contribution >= 4 is 0 Å². The molecule has 1 aliphatic carbocycles. The zero-order valence-corrected chi connectivity index (χ0v) is 8.02. The van der Waals surface area contributed by atoms with Crippen LogP contribution in [0.5, 0.6) is 0 Å². The van der Waals surface area contributed by atoms with E-state index < -0.39 is 0 Å². The molecule has 0 aliphatic heterocycles. The molecular formula is C11H12N2. The predicted octanol–water partition coefficient (Wildman–Crippen LogP) is 2.06. The van der Waals surface area contributed by atoms with Gasteiger partial charge in [0, 0.05) is 5.69 Å². The maximum absolute atomic E-state index is 8.98. The van der Waals surface area contributed by atoms with Crippen LogP contribution >= 0.6 is 0 Å². The van der Waals surface area contributed by atoms with Crippen LogP contribution in [0.1, 0.15) is 34.5 Å². The first-order valence-corrected chi connectivity index (χ1v) is 4.63. The number of nitrogens with zero attached hydrogens (tertiary/aromatic N) is 2. The van der Waals surface area contributed by atoms with E-state index in [1.165, 1.54) is 17.5 Å². The van der Waals surface area contributed by atoms with Crippen LogP contribution in [0.2, 0.25) is 0 Å². The van der Waals surface area contributed by atoms with Gasteiger partial charge in [0.05, 0.1) is 11.3 Å². The molecule has 0 amide bonds.